The van der Waals surface area contributed by atoms with Gasteiger partial charge in [-0.15, -0.1) is 0 Å². The Morgan fingerprint density at radius 3 is 2.05 bits per heavy atom. The maximum absolute atomic E-state index is 13.4. The highest BCUT2D eigenvalue weighted by Gasteiger charge is 2.25. The van der Waals surface area contributed by atoms with Gasteiger partial charge >= 0.3 is 0 Å². The van der Waals surface area contributed by atoms with Crippen LogP contribution >= 0.6 is 0 Å². The standard InChI is InChI=1S/C14H10F5N3/c1-6(7-3-2-4-8(20)5-7)21-22-14-12(18)10(16)9(15)11(17)13(14)19/h2-5,22H,20H2,1H3/b21-6-. The summed E-state index contributed by atoms with van der Waals surface area (Å²) in [4.78, 5) is 0. The smallest absolute Gasteiger partial charge is 0.200 e. The second kappa shape index (κ2) is 6.00. The number of hydrogen-bond donors (Lipinski definition) is 2. The monoisotopic (exact) mass is 315 g/mol. The molecule has 0 aliphatic heterocycles. The lowest BCUT2D eigenvalue weighted by Gasteiger charge is -2.08. The molecule has 2 aromatic carbocycles. The minimum Gasteiger partial charge on any atom is -0.399 e. The number of nitrogens with two attached hydrogens (primary N) is 1. The van der Waals surface area contributed by atoms with E-state index >= 15 is 0 Å². The molecule has 0 saturated carbocycles. The predicted octanol–water partition coefficient (Wildman–Crippen LogP) is 3.80. The SMILES string of the molecule is C/C(=N/Nc1c(F)c(F)c(F)c(F)c1F)c1cccc(N)c1. The zero-order valence-electron chi connectivity index (χ0n) is 11.2. The van der Waals surface area contributed by atoms with E-state index in [2.05, 4.69) is 5.10 Å². The number of anilines is 2. The summed E-state index contributed by atoms with van der Waals surface area (Å²) in [6.07, 6.45) is 0. The summed E-state index contributed by atoms with van der Waals surface area (Å²) >= 11 is 0. The molecular weight excluding hydrogens is 305 g/mol. The van der Waals surface area contributed by atoms with Gasteiger partial charge in [0.25, 0.3) is 0 Å². The molecular formula is C14H10F5N3. The molecule has 116 valence electrons. The fourth-order valence-corrected chi connectivity index (χ4v) is 1.67. The summed E-state index contributed by atoms with van der Waals surface area (Å²) < 4.78 is 65.9. The molecule has 0 spiro atoms. The van der Waals surface area contributed by atoms with Gasteiger partial charge in [-0.2, -0.15) is 5.10 Å². The Morgan fingerprint density at radius 2 is 1.50 bits per heavy atom. The number of nitrogen functional groups attached to an aromatic ring is 1. The maximum atomic E-state index is 13.4. The summed E-state index contributed by atoms with van der Waals surface area (Å²) in [6.45, 7) is 1.48. The molecule has 0 unspecified atom stereocenters. The zero-order valence-corrected chi connectivity index (χ0v) is 11.2. The van der Waals surface area contributed by atoms with Gasteiger partial charge in [-0.05, 0) is 24.6 Å². The Labute approximate surface area is 122 Å². The van der Waals surface area contributed by atoms with Gasteiger partial charge < -0.3 is 5.73 Å². The van der Waals surface area contributed by atoms with E-state index in [0.717, 1.165) is 0 Å². The van der Waals surface area contributed by atoms with E-state index in [9.17, 15) is 22.0 Å². The fourth-order valence-electron chi connectivity index (χ4n) is 1.67. The fraction of sp³-hybridized carbons (Fsp3) is 0.0714. The molecule has 0 fully saturated rings. The molecule has 0 aliphatic carbocycles. The molecule has 0 aromatic heterocycles. The van der Waals surface area contributed by atoms with Gasteiger partial charge in [0, 0.05) is 5.69 Å². The van der Waals surface area contributed by atoms with Gasteiger partial charge in [0.1, 0.15) is 5.69 Å². The van der Waals surface area contributed by atoms with E-state index in [1.807, 2.05) is 5.43 Å². The Bertz CT molecular complexity index is 729. The van der Waals surface area contributed by atoms with Gasteiger partial charge in [0.15, 0.2) is 23.3 Å². The van der Waals surface area contributed by atoms with Crippen LogP contribution in [0.3, 0.4) is 0 Å². The highest BCUT2D eigenvalue weighted by atomic mass is 19.2. The van der Waals surface area contributed by atoms with Crippen LogP contribution in [-0.4, -0.2) is 5.71 Å². The van der Waals surface area contributed by atoms with E-state index in [1.54, 1.807) is 24.3 Å². The molecule has 8 heteroatoms. The minimum atomic E-state index is -2.22. The Kier molecular flexibility index (Phi) is 4.30. The number of nitrogens with one attached hydrogen (secondary N) is 1. The van der Waals surface area contributed by atoms with Crippen LogP contribution in [0.15, 0.2) is 29.4 Å². The van der Waals surface area contributed by atoms with Gasteiger partial charge in [-0.25, -0.2) is 22.0 Å². The number of benzene rings is 2. The van der Waals surface area contributed by atoms with Crippen LogP contribution in [0.25, 0.3) is 0 Å². The van der Waals surface area contributed by atoms with Crippen LogP contribution in [0.1, 0.15) is 12.5 Å². The van der Waals surface area contributed by atoms with Crippen LogP contribution in [0.4, 0.5) is 33.3 Å². The summed E-state index contributed by atoms with van der Waals surface area (Å²) in [5.41, 5.74) is 7.41. The normalized spacial score (nSPS) is 11.6. The maximum Gasteiger partial charge on any atom is 0.200 e. The van der Waals surface area contributed by atoms with Crippen molar-refractivity contribution < 1.29 is 22.0 Å². The van der Waals surface area contributed by atoms with E-state index in [4.69, 9.17) is 5.73 Å². The molecule has 0 heterocycles. The minimum absolute atomic E-state index is 0.247. The molecule has 2 aromatic rings. The van der Waals surface area contributed by atoms with Crippen LogP contribution in [-0.2, 0) is 0 Å². The van der Waals surface area contributed by atoms with Crippen molar-refractivity contribution in [2.75, 3.05) is 11.2 Å². The third-order valence-corrected chi connectivity index (χ3v) is 2.85. The summed E-state index contributed by atoms with van der Waals surface area (Å²) in [7, 11) is 0. The second-order valence-corrected chi connectivity index (χ2v) is 4.38. The topological polar surface area (TPSA) is 50.4 Å². The van der Waals surface area contributed by atoms with Gasteiger partial charge in [-0.1, -0.05) is 12.1 Å². The molecule has 0 radical (unpaired) electrons. The lowest BCUT2D eigenvalue weighted by Crippen LogP contribution is -2.08. The molecule has 0 bridgehead atoms. The molecule has 0 saturated heterocycles. The van der Waals surface area contributed by atoms with Crippen molar-refractivity contribution in [2.24, 2.45) is 5.10 Å². The Balaban J connectivity index is 2.38. The first-order valence-corrected chi connectivity index (χ1v) is 6.00. The predicted molar refractivity (Wildman–Crippen MR) is 72.9 cm³/mol. The highest BCUT2D eigenvalue weighted by molar-refractivity contribution is 5.99. The van der Waals surface area contributed by atoms with Crippen molar-refractivity contribution in [1.82, 2.24) is 0 Å². The number of halogens is 5. The molecule has 3 nitrogen and oxygen atoms in total. The van der Waals surface area contributed by atoms with Crippen molar-refractivity contribution in [1.29, 1.82) is 0 Å². The quantitative estimate of drug-likeness (QED) is 0.226. The van der Waals surface area contributed by atoms with Crippen molar-refractivity contribution in [3.63, 3.8) is 0 Å². The van der Waals surface area contributed by atoms with Gasteiger partial charge in [-0.3, -0.25) is 5.43 Å². The largest absolute Gasteiger partial charge is 0.399 e. The number of hydrogen-bond acceptors (Lipinski definition) is 3. The summed E-state index contributed by atoms with van der Waals surface area (Å²) in [5, 5.41) is 3.61. The second-order valence-electron chi connectivity index (χ2n) is 4.38. The van der Waals surface area contributed by atoms with Crippen LogP contribution < -0.4 is 11.2 Å². The van der Waals surface area contributed by atoms with E-state index < -0.39 is 34.8 Å². The molecule has 0 aliphatic rings. The van der Waals surface area contributed by atoms with Crippen LogP contribution in [0.5, 0.6) is 0 Å². The van der Waals surface area contributed by atoms with Crippen molar-refractivity contribution in [3.05, 3.63) is 58.9 Å². The Hall–Kier alpha value is -2.64. The van der Waals surface area contributed by atoms with Crippen LogP contribution in [0.2, 0.25) is 0 Å². The lowest BCUT2D eigenvalue weighted by atomic mass is 10.1. The molecule has 3 N–H and O–H groups in total. The number of nitrogens with zero attached hydrogens (tertiary/aromatic N) is 1. The van der Waals surface area contributed by atoms with Crippen molar-refractivity contribution >= 4 is 17.1 Å². The third-order valence-electron chi connectivity index (χ3n) is 2.85. The summed E-state index contributed by atoms with van der Waals surface area (Å²) in [5.74, 6) is -10.3. The Morgan fingerprint density at radius 1 is 0.955 bits per heavy atom. The first-order chi connectivity index (χ1) is 10.3. The van der Waals surface area contributed by atoms with Gasteiger partial charge in [0.2, 0.25) is 5.82 Å². The molecule has 0 amide bonds. The summed E-state index contributed by atoms with van der Waals surface area (Å²) in [6, 6.07) is 6.41. The zero-order chi connectivity index (χ0) is 16.4. The average molecular weight is 315 g/mol. The van der Waals surface area contributed by atoms with Crippen molar-refractivity contribution in [3.8, 4) is 0 Å². The first-order valence-electron chi connectivity index (χ1n) is 6.00. The van der Waals surface area contributed by atoms with E-state index in [1.165, 1.54) is 6.92 Å². The molecule has 2 rings (SSSR count). The first kappa shape index (κ1) is 15.7. The van der Waals surface area contributed by atoms with E-state index in [-0.39, 0.29) is 5.71 Å². The average Bonchev–Trinajstić information content (AvgIpc) is 2.50. The van der Waals surface area contributed by atoms with Crippen molar-refractivity contribution in [2.45, 2.75) is 6.92 Å². The van der Waals surface area contributed by atoms with Gasteiger partial charge in [0.05, 0.1) is 5.71 Å². The molecule has 0 atom stereocenters. The highest BCUT2D eigenvalue weighted by Crippen LogP contribution is 2.27. The molecule has 22 heavy (non-hydrogen) atoms. The number of rotatable bonds is 3. The third kappa shape index (κ3) is 2.85. The lowest BCUT2D eigenvalue weighted by molar-refractivity contribution is 0.381. The van der Waals surface area contributed by atoms with E-state index in [0.29, 0.717) is 11.3 Å². The van der Waals surface area contributed by atoms with Crippen LogP contribution in [0, 0.1) is 29.1 Å². The number of hydrazone groups is 1.